The molecule has 1 fully saturated rings. The molecule has 122 valence electrons. The van der Waals surface area contributed by atoms with Crippen LogP contribution in [-0.2, 0) is 0 Å². The van der Waals surface area contributed by atoms with E-state index in [1.54, 1.807) is 18.2 Å². The van der Waals surface area contributed by atoms with E-state index in [1.165, 1.54) is 25.7 Å². The number of rotatable bonds is 7. The third kappa shape index (κ3) is 5.29. The predicted molar refractivity (Wildman–Crippen MR) is 91.1 cm³/mol. The van der Waals surface area contributed by atoms with Gasteiger partial charge in [-0.1, -0.05) is 31.4 Å². The van der Waals surface area contributed by atoms with Crippen LogP contribution in [0.2, 0.25) is 5.02 Å². The summed E-state index contributed by atoms with van der Waals surface area (Å²) < 4.78 is 5.68. The number of halogens is 1. The van der Waals surface area contributed by atoms with Gasteiger partial charge in [-0.3, -0.25) is 4.79 Å². The first-order valence-corrected chi connectivity index (χ1v) is 8.76. The second kappa shape index (κ2) is 9.16. The second-order valence-corrected chi connectivity index (χ2v) is 6.35. The van der Waals surface area contributed by atoms with Crippen LogP contribution < -0.4 is 4.74 Å². The van der Waals surface area contributed by atoms with Crippen LogP contribution in [0.4, 0.5) is 0 Å². The largest absolute Gasteiger partial charge is 0.493 e. The zero-order chi connectivity index (χ0) is 15.8. The van der Waals surface area contributed by atoms with E-state index in [0.29, 0.717) is 29.4 Å². The predicted octanol–water partition coefficient (Wildman–Crippen LogP) is 4.58. The number of carbonyl (C=O) groups is 1. The molecule has 0 aromatic heterocycles. The first-order valence-electron chi connectivity index (χ1n) is 8.38. The van der Waals surface area contributed by atoms with Crippen LogP contribution >= 0.6 is 11.6 Å². The smallest absolute Gasteiger partial charge is 0.167 e. The van der Waals surface area contributed by atoms with Crippen molar-refractivity contribution >= 4 is 17.4 Å². The zero-order valence-corrected chi connectivity index (χ0v) is 14.2. The molecule has 0 saturated carbocycles. The summed E-state index contributed by atoms with van der Waals surface area (Å²) in [6, 6.07) is 5.31. The van der Waals surface area contributed by atoms with E-state index in [0.717, 1.165) is 26.1 Å². The number of ketones is 1. The molecule has 1 aromatic carbocycles. The molecule has 3 nitrogen and oxygen atoms in total. The van der Waals surface area contributed by atoms with Gasteiger partial charge in [-0.2, -0.15) is 0 Å². The highest BCUT2D eigenvalue weighted by Gasteiger charge is 2.16. The van der Waals surface area contributed by atoms with Gasteiger partial charge < -0.3 is 9.64 Å². The normalized spacial score (nSPS) is 16.3. The molecule has 1 saturated heterocycles. The Morgan fingerprint density at radius 1 is 1.23 bits per heavy atom. The molecule has 0 spiro atoms. The maximum atomic E-state index is 12.5. The van der Waals surface area contributed by atoms with Crippen LogP contribution in [-0.4, -0.2) is 36.9 Å². The average Bonchev–Trinajstić information content (AvgIpc) is 2.80. The minimum atomic E-state index is 0.123. The SMILES string of the molecule is CCCOc1ccc(Cl)cc1C(=O)CCN1CCCCCC1. The Morgan fingerprint density at radius 2 is 1.95 bits per heavy atom. The monoisotopic (exact) mass is 323 g/mol. The van der Waals surface area contributed by atoms with E-state index in [4.69, 9.17) is 16.3 Å². The van der Waals surface area contributed by atoms with Gasteiger partial charge in [-0.25, -0.2) is 0 Å². The molecule has 1 aromatic rings. The van der Waals surface area contributed by atoms with Crippen molar-refractivity contribution in [3.8, 4) is 5.75 Å². The molecule has 22 heavy (non-hydrogen) atoms. The molecule has 0 bridgehead atoms. The highest BCUT2D eigenvalue weighted by Crippen LogP contribution is 2.25. The topological polar surface area (TPSA) is 29.5 Å². The van der Waals surface area contributed by atoms with Crippen molar-refractivity contribution in [1.82, 2.24) is 4.90 Å². The van der Waals surface area contributed by atoms with E-state index in [-0.39, 0.29) is 5.78 Å². The van der Waals surface area contributed by atoms with E-state index in [2.05, 4.69) is 11.8 Å². The van der Waals surface area contributed by atoms with E-state index >= 15 is 0 Å². The summed E-state index contributed by atoms with van der Waals surface area (Å²) in [5, 5.41) is 0.585. The first-order chi connectivity index (χ1) is 10.7. The van der Waals surface area contributed by atoms with Crippen molar-refractivity contribution in [2.45, 2.75) is 45.4 Å². The highest BCUT2D eigenvalue weighted by molar-refractivity contribution is 6.31. The fourth-order valence-electron chi connectivity index (χ4n) is 2.81. The molecule has 1 aliphatic rings. The van der Waals surface area contributed by atoms with Crippen molar-refractivity contribution in [2.24, 2.45) is 0 Å². The zero-order valence-electron chi connectivity index (χ0n) is 13.4. The Kier molecular flexibility index (Phi) is 7.20. The number of likely N-dealkylation sites (tertiary alicyclic amines) is 1. The standard InChI is InChI=1S/C18H26ClNO2/c1-2-13-22-18-8-7-15(19)14-16(18)17(21)9-12-20-10-5-3-4-6-11-20/h7-8,14H,2-6,9-13H2,1H3. The van der Waals surface area contributed by atoms with E-state index < -0.39 is 0 Å². The Bertz CT molecular complexity index is 482. The number of benzene rings is 1. The Balaban J connectivity index is 1.96. The molecule has 0 amide bonds. The van der Waals surface area contributed by atoms with Crippen LogP contribution in [0, 0.1) is 0 Å². The molecule has 0 aliphatic carbocycles. The van der Waals surface area contributed by atoms with Gasteiger partial charge in [0.1, 0.15) is 5.75 Å². The van der Waals surface area contributed by atoms with Gasteiger partial charge in [0.15, 0.2) is 5.78 Å². The average molecular weight is 324 g/mol. The molecular formula is C18H26ClNO2. The molecule has 1 aliphatic heterocycles. The van der Waals surface area contributed by atoms with Crippen LogP contribution in [0.5, 0.6) is 5.75 Å². The van der Waals surface area contributed by atoms with Crippen molar-refractivity contribution in [2.75, 3.05) is 26.2 Å². The Labute approximate surface area is 138 Å². The number of carbonyl (C=O) groups excluding carboxylic acids is 1. The van der Waals surface area contributed by atoms with Gasteiger partial charge >= 0.3 is 0 Å². The molecule has 0 N–H and O–H groups in total. The van der Waals surface area contributed by atoms with Gasteiger partial charge in [0.05, 0.1) is 12.2 Å². The van der Waals surface area contributed by atoms with Gasteiger partial charge in [-0.15, -0.1) is 0 Å². The van der Waals surface area contributed by atoms with Crippen LogP contribution in [0.1, 0.15) is 55.8 Å². The Morgan fingerprint density at radius 3 is 2.64 bits per heavy atom. The summed E-state index contributed by atoms with van der Waals surface area (Å²) >= 11 is 6.05. The number of ether oxygens (including phenoxy) is 1. The molecule has 1 heterocycles. The summed E-state index contributed by atoms with van der Waals surface area (Å²) in [7, 11) is 0. The molecule has 4 heteroatoms. The lowest BCUT2D eigenvalue weighted by atomic mass is 10.1. The van der Waals surface area contributed by atoms with Crippen LogP contribution in [0.25, 0.3) is 0 Å². The van der Waals surface area contributed by atoms with Gasteiger partial charge in [0.2, 0.25) is 0 Å². The van der Waals surface area contributed by atoms with Crippen LogP contribution in [0.15, 0.2) is 18.2 Å². The molecular weight excluding hydrogens is 298 g/mol. The number of hydrogen-bond acceptors (Lipinski definition) is 3. The minimum Gasteiger partial charge on any atom is -0.493 e. The molecule has 2 rings (SSSR count). The van der Waals surface area contributed by atoms with Crippen molar-refractivity contribution < 1.29 is 9.53 Å². The fraction of sp³-hybridized carbons (Fsp3) is 0.611. The summed E-state index contributed by atoms with van der Waals surface area (Å²) in [5.41, 5.74) is 0.621. The summed E-state index contributed by atoms with van der Waals surface area (Å²) in [4.78, 5) is 14.9. The highest BCUT2D eigenvalue weighted by atomic mass is 35.5. The third-order valence-corrected chi connectivity index (χ3v) is 4.29. The quantitative estimate of drug-likeness (QED) is 0.688. The number of Topliss-reactive ketones (excluding diaryl/α,β-unsaturated/α-hetero) is 1. The Hall–Kier alpha value is -1.06. The molecule has 0 atom stereocenters. The minimum absolute atomic E-state index is 0.123. The van der Waals surface area contributed by atoms with E-state index in [9.17, 15) is 4.79 Å². The fourth-order valence-corrected chi connectivity index (χ4v) is 2.98. The maximum Gasteiger partial charge on any atom is 0.167 e. The maximum absolute atomic E-state index is 12.5. The second-order valence-electron chi connectivity index (χ2n) is 5.92. The van der Waals surface area contributed by atoms with E-state index in [1.807, 2.05) is 0 Å². The first kappa shape index (κ1) is 17.3. The van der Waals surface area contributed by atoms with Gasteiger partial charge in [0, 0.05) is 18.0 Å². The number of nitrogens with zero attached hydrogens (tertiary/aromatic N) is 1. The van der Waals surface area contributed by atoms with Crippen LogP contribution in [0.3, 0.4) is 0 Å². The lowest BCUT2D eigenvalue weighted by molar-refractivity contribution is 0.0961. The van der Waals surface area contributed by atoms with Crippen molar-refractivity contribution in [1.29, 1.82) is 0 Å². The molecule has 0 unspecified atom stereocenters. The van der Waals surface area contributed by atoms with Gasteiger partial charge in [-0.05, 0) is 50.6 Å². The lowest BCUT2D eigenvalue weighted by Gasteiger charge is -2.19. The van der Waals surface area contributed by atoms with Crippen molar-refractivity contribution in [3.63, 3.8) is 0 Å². The third-order valence-electron chi connectivity index (χ3n) is 4.06. The summed E-state index contributed by atoms with van der Waals surface area (Å²) in [5.74, 6) is 0.782. The summed E-state index contributed by atoms with van der Waals surface area (Å²) in [6.07, 6.45) is 6.57. The van der Waals surface area contributed by atoms with Crippen molar-refractivity contribution in [3.05, 3.63) is 28.8 Å². The lowest BCUT2D eigenvalue weighted by Crippen LogP contribution is -2.27. The number of hydrogen-bond donors (Lipinski definition) is 0. The summed E-state index contributed by atoms with van der Waals surface area (Å²) in [6.45, 7) is 5.73. The molecule has 0 radical (unpaired) electrons. The van der Waals surface area contributed by atoms with Gasteiger partial charge in [0.25, 0.3) is 0 Å².